The third-order valence-corrected chi connectivity index (χ3v) is 5.77. The molecule has 0 saturated carbocycles. The standard InChI is InChI=1S/C21H21ClN4O4S/c1-3-21(20(27)24-13-12-23,15-7-9-16(22)10-8-15)26-14-11-17-18(5-4-6-19(17)26)25(2)30-31(28)29/h4-11,14H,3,13H2,1-2H3,(H,24,27)(H,28,29)/p-1. The Labute approximate surface area is 187 Å². The second kappa shape index (κ2) is 9.49. The van der Waals surface area contributed by atoms with E-state index >= 15 is 0 Å². The largest absolute Gasteiger partial charge is 0.748 e. The molecule has 1 N–H and O–H groups in total. The van der Waals surface area contributed by atoms with Crippen molar-refractivity contribution in [3.05, 3.63) is 65.3 Å². The number of hydrogen-bond acceptors (Lipinski definition) is 6. The Bertz CT molecular complexity index is 1160. The van der Waals surface area contributed by atoms with Crippen LogP contribution in [0.2, 0.25) is 5.02 Å². The molecule has 0 saturated heterocycles. The number of hydroxylamine groups is 1. The van der Waals surface area contributed by atoms with Gasteiger partial charge in [-0.2, -0.15) is 9.55 Å². The molecular weight excluding hydrogens is 440 g/mol. The maximum absolute atomic E-state index is 13.4. The number of hydrogen-bond donors (Lipinski definition) is 1. The fraction of sp³-hybridized carbons (Fsp3) is 0.238. The van der Waals surface area contributed by atoms with Crippen LogP contribution >= 0.6 is 11.6 Å². The highest BCUT2D eigenvalue weighted by Gasteiger charge is 2.41. The number of benzene rings is 2. The summed E-state index contributed by atoms with van der Waals surface area (Å²) in [7, 11) is 1.48. The minimum atomic E-state index is -2.73. The zero-order valence-corrected chi connectivity index (χ0v) is 18.4. The van der Waals surface area contributed by atoms with E-state index in [2.05, 4.69) is 5.32 Å². The SMILES string of the molecule is CCC(C(=O)NCC#N)(c1ccc(Cl)cc1)n1ccc2c(N(C)OS(=O)[O-])cccc21. The van der Waals surface area contributed by atoms with Crippen LogP contribution in [-0.2, 0) is 26.0 Å². The lowest BCUT2D eigenvalue weighted by molar-refractivity contribution is -0.127. The van der Waals surface area contributed by atoms with Gasteiger partial charge in [-0.1, -0.05) is 36.7 Å². The Morgan fingerprint density at radius 2 is 2.03 bits per heavy atom. The number of amides is 1. The van der Waals surface area contributed by atoms with Crippen LogP contribution in [0, 0.1) is 11.3 Å². The van der Waals surface area contributed by atoms with E-state index < -0.39 is 16.9 Å². The summed E-state index contributed by atoms with van der Waals surface area (Å²) in [5.41, 5.74) is 0.735. The summed E-state index contributed by atoms with van der Waals surface area (Å²) in [6.45, 7) is 1.75. The molecule has 0 radical (unpaired) electrons. The lowest BCUT2D eigenvalue weighted by Crippen LogP contribution is -2.49. The second-order valence-electron chi connectivity index (χ2n) is 6.73. The van der Waals surface area contributed by atoms with Gasteiger partial charge in [-0.15, -0.1) is 0 Å². The van der Waals surface area contributed by atoms with Crippen LogP contribution in [0.15, 0.2) is 54.7 Å². The van der Waals surface area contributed by atoms with Gasteiger partial charge in [-0.3, -0.25) is 4.79 Å². The van der Waals surface area contributed by atoms with Gasteiger partial charge in [0.25, 0.3) is 5.91 Å². The second-order valence-corrected chi connectivity index (χ2v) is 7.73. The van der Waals surface area contributed by atoms with Crippen molar-refractivity contribution in [1.29, 1.82) is 5.26 Å². The number of fused-ring (bicyclic) bond motifs is 1. The van der Waals surface area contributed by atoms with Crippen LogP contribution in [0.4, 0.5) is 5.69 Å². The molecule has 2 aromatic carbocycles. The molecule has 0 spiro atoms. The Balaban J connectivity index is 2.24. The number of aromatic nitrogens is 1. The Hall–Kier alpha value is -2.90. The summed E-state index contributed by atoms with van der Waals surface area (Å²) in [4.78, 5) is 13.4. The van der Waals surface area contributed by atoms with Crippen molar-refractivity contribution >= 4 is 45.5 Å². The number of anilines is 1. The normalized spacial score (nSPS) is 13.9. The predicted molar refractivity (Wildman–Crippen MR) is 118 cm³/mol. The van der Waals surface area contributed by atoms with E-state index in [1.54, 1.807) is 48.7 Å². The van der Waals surface area contributed by atoms with Gasteiger partial charge in [-0.05, 0) is 42.3 Å². The molecule has 31 heavy (non-hydrogen) atoms. The van der Waals surface area contributed by atoms with Gasteiger partial charge in [0.1, 0.15) is 23.4 Å². The van der Waals surface area contributed by atoms with E-state index in [9.17, 15) is 13.6 Å². The molecule has 2 atom stereocenters. The molecule has 8 nitrogen and oxygen atoms in total. The zero-order chi connectivity index (χ0) is 22.6. The van der Waals surface area contributed by atoms with Gasteiger partial charge in [0.15, 0.2) is 0 Å². The summed E-state index contributed by atoms with van der Waals surface area (Å²) in [6, 6.07) is 16.0. The Kier molecular flexibility index (Phi) is 6.97. The zero-order valence-electron chi connectivity index (χ0n) is 16.9. The van der Waals surface area contributed by atoms with Gasteiger partial charge in [0.2, 0.25) is 0 Å². The van der Waals surface area contributed by atoms with Crippen molar-refractivity contribution < 1.29 is 17.8 Å². The summed E-state index contributed by atoms with van der Waals surface area (Å²) in [5, 5.41) is 14.0. The van der Waals surface area contributed by atoms with Crippen LogP contribution in [0.3, 0.4) is 0 Å². The molecule has 1 heterocycles. The van der Waals surface area contributed by atoms with E-state index in [1.807, 2.05) is 23.6 Å². The molecule has 0 fully saturated rings. The van der Waals surface area contributed by atoms with Crippen molar-refractivity contribution in [1.82, 2.24) is 9.88 Å². The third-order valence-electron chi connectivity index (χ3n) is 5.17. The first-order valence-corrected chi connectivity index (χ1v) is 10.8. The number of nitrogens with one attached hydrogen (secondary N) is 1. The molecule has 0 aliphatic rings. The monoisotopic (exact) mass is 459 g/mol. The van der Waals surface area contributed by atoms with Crippen molar-refractivity contribution in [3.8, 4) is 6.07 Å². The first-order chi connectivity index (χ1) is 14.8. The number of rotatable bonds is 8. The lowest BCUT2D eigenvalue weighted by Gasteiger charge is -2.34. The molecule has 0 aliphatic heterocycles. The highest BCUT2D eigenvalue weighted by molar-refractivity contribution is 7.74. The van der Waals surface area contributed by atoms with Crippen molar-refractivity contribution in [2.24, 2.45) is 0 Å². The van der Waals surface area contributed by atoms with Crippen LogP contribution in [0.1, 0.15) is 18.9 Å². The van der Waals surface area contributed by atoms with Crippen LogP contribution in [-0.4, -0.2) is 32.8 Å². The molecule has 1 amide bonds. The molecule has 1 aromatic heterocycles. The van der Waals surface area contributed by atoms with Crippen LogP contribution in [0.5, 0.6) is 0 Å². The van der Waals surface area contributed by atoms with Crippen molar-refractivity contribution in [2.75, 3.05) is 18.7 Å². The van der Waals surface area contributed by atoms with E-state index in [-0.39, 0.29) is 12.5 Å². The van der Waals surface area contributed by atoms with Crippen molar-refractivity contribution in [2.45, 2.75) is 18.9 Å². The molecule has 162 valence electrons. The fourth-order valence-corrected chi connectivity index (χ4v) is 4.19. The maximum Gasteiger partial charge on any atom is 0.251 e. The summed E-state index contributed by atoms with van der Waals surface area (Å²) < 4.78 is 28.5. The third kappa shape index (κ3) is 4.29. The first-order valence-electron chi connectivity index (χ1n) is 9.38. The van der Waals surface area contributed by atoms with E-state index in [1.165, 1.54) is 7.05 Å². The van der Waals surface area contributed by atoms with Gasteiger partial charge in [0.05, 0.1) is 17.3 Å². The first kappa shape index (κ1) is 22.8. The minimum Gasteiger partial charge on any atom is -0.748 e. The molecule has 0 aliphatic carbocycles. The average Bonchev–Trinajstić information content (AvgIpc) is 3.18. The topological polar surface area (TPSA) is 110 Å². The maximum atomic E-state index is 13.4. The fourth-order valence-electron chi connectivity index (χ4n) is 3.80. The highest BCUT2D eigenvalue weighted by Crippen LogP contribution is 2.37. The van der Waals surface area contributed by atoms with E-state index in [0.717, 1.165) is 5.06 Å². The molecule has 2 unspecified atom stereocenters. The van der Waals surface area contributed by atoms with Gasteiger partial charge in [-0.25, -0.2) is 9.27 Å². The molecule has 3 rings (SSSR count). The number of carbonyl (C=O) groups is 1. The summed E-state index contributed by atoms with van der Waals surface area (Å²) in [6.07, 6.45) is 2.15. The number of nitriles is 1. The van der Waals surface area contributed by atoms with Gasteiger partial charge < -0.3 is 14.4 Å². The van der Waals surface area contributed by atoms with Gasteiger partial charge in [0, 0.05) is 23.7 Å². The minimum absolute atomic E-state index is 0.134. The summed E-state index contributed by atoms with van der Waals surface area (Å²) >= 11 is 3.33. The Morgan fingerprint density at radius 1 is 1.32 bits per heavy atom. The molecular formula is C21H20ClN4O4S-. The van der Waals surface area contributed by atoms with Gasteiger partial charge >= 0.3 is 0 Å². The van der Waals surface area contributed by atoms with Crippen molar-refractivity contribution in [3.63, 3.8) is 0 Å². The van der Waals surface area contributed by atoms with Crippen LogP contribution in [0.25, 0.3) is 10.9 Å². The number of nitrogens with zero attached hydrogens (tertiary/aromatic N) is 3. The highest BCUT2D eigenvalue weighted by atomic mass is 35.5. The number of carbonyl (C=O) groups excluding carboxylic acids is 1. The molecule has 10 heteroatoms. The van der Waals surface area contributed by atoms with Crippen LogP contribution < -0.4 is 10.4 Å². The quantitative estimate of drug-likeness (QED) is 0.314. The molecule has 0 bridgehead atoms. The Morgan fingerprint density at radius 3 is 2.65 bits per heavy atom. The number of halogens is 1. The molecule has 3 aromatic rings. The summed E-state index contributed by atoms with van der Waals surface area (Å²) in [5.74, 6) is -0.341. The predicted octanol–water partition coefficient (Wildman–Crippen LogP) is 3.25. The van der Waals surface area contributed by atoms with E-state index in [4.69, 9.17) is 21.1 Å². The smallest absolute Gasteiger partial charge is 0.251 e. The lowest BCUT2D eigenvalue weighted by atomic mass is 9.85. The van der Waals surface area contributed by atoms with E-state index in [0.29, 0.717) is 33.6 Å². The average molecular weight is 460 g/mol.